The van der Waals surface area contributed by atoms with Crippen molar-refractivity contribution in [2.75, 3.05) is 17.2 Å². The lowest BCUT2D eigenvalue weighted by molar-refractivity contribution is 0.0999. The fourth-order valence-electron chi connectivity index (χ4n) is 3.97. The molecule has 7 nitrogen and oxygen atoms in total. The van der Waals surface area contributed by atoms with Crippen LogP contribution >= 0.6 is 11.8 Å². The van der Waals surface area contributed by atoms with Gasteiger partial charge in [-0.1, -0.05) is 18.2 Å². The van der Waals surface area contributed by atoms with Crippen molar-refractivity contribution >= 4 is 40.0 Å². The molecule has 29 heavy (non-hydrogen) atoms. The molecule has 1 fully saturated rings. The highest BCUT2D eigenvalue weighted by Gasteiger charge is 2.27. The molecule has 4 heterocycles. The number of para-hydroxylation sites is 1. The monoisotopic (exact) mass is 404 g/mol. The molecular weight excluding hydrogens is 384 g/mol. The lowest BCUT2D eigenvalue weighted by Gasteiger charge is -2.23. The number of carbonyl (C=O) groups excluding carboxylic acids is 1. The van der Waals surface area contributed by atoms with Crippen LogP contribution in [0.1, 0.15) is 34.8 Å². The maximum absolute atomic E-state index is 12.2. The van der Waals surface area contributed by atoms with E-state index in [9.17, 15) is 4.79 Å². The maximum Gasteiger partial charge on any atom is 0.254 e. The van der Waals surface area contributed by atoms with Gasteiger partial charge in [0.25, 0.3) is 5.91 Å². The number of benzene rings is 1. The van der Waals surface area contributed by atoms with Gasteiger partial charge in [0, 0.05) is 28.6 Å². The number of hydrogen-bond acceptors (Lipinski definition) is 6. The molecule has 4 N–H and O–H groups in total. The molecule has 1 aliphatic rings. The highest BCUT2D eigenvalue weighted by atomic mass is 32.2. The number of pyridine rings is 1. The van der Waals surface area contributed by atoms with Gasteiger partial charge >= 0.3 is 0 Å². The van der Waals surface area contributed by atoms with Gasteiger partial charge in [0.1, 0.15) is 11.4 Å². The molecule has 0 bridgehead atoms. The van der Waals surface area contributed by atoms with E-state index in [0.717, 1.165) is 46.4 Å². The summed E-state index contributed by atoms with van der Waals surface area (Å²) in [4.78, 5) is 21.6. The minimum Gasteiger partial charge on any atom is -0.383 e. The Morgan fingerprint density at radius 3 is 2.76 bits per heavy atom. The van der Waals surface area contributed by atoms with Gasteiger partial charge in [-0.15, -0.1) is 0 Å². The number of nitrogens with zero attached hydrogens (tertiary/aromatic N) is 4. The van der Waals surface area contributed by atoms with Gasteiger partial charge in [-0.2, -0.15) is 21.4 Å². The molecule has 8 heteroatoms. The van der Waals surface area contributed by atoms with Gasteiger partial charge in [0.2, 0.25) is 0 Å². The highest BCUT2D eigenvalue weighted by molar-refractivity contribution is 7.99. The van der Waals surface area contributed by atoms with Gasteiger partial charge in [0.05, 0.1) is 17.4 Å². The Morgan fingerprint density at radius 2 is 1.97 bits per heavy atom. The van der Waals surface area contributed by atoms with E-state index in [2.05, 4.69) is 16.1 Å². The Hall–Kier alpha value is -3.13. The second-order valence-corrected chi connectivity index (χ2v) is 8.44. The molecule has 1 saturated heterocycles. The minimum atomic E-state index is -0.561. The second kappa shape index (κ2) is 7.04. The molecule has 1 aliphatic heterocycles. The molecular formula is C21H20N6OS. The first kappa shape index (κ1) is 17.9. The quantitative estimate of drug-likeness (QED) is 0.542. The van der Waals surface area contributed by atoms with E-state index in [-0.39, 0.29) is 11.7 Å². The van der Waals surface area contributed by atoms with E-state index in [0.29, 0.717) is 16.9 Å². The van der Waals surface area contributed by atoms with Crippen LogP contribution in [0.3, 0.4) is 0 Å². The summed E-state index contributed by atoms with van der Waals surface area (Å²) in [6.45, 7) is 0. The molecule has 3 aromatic heterocycles. The lowest BCUT2D eigenvalue weighted by Crippen LogP contribution is -2.23. The molecule has 0 radical (unpaired) electrons. The van der Waals surface area contributed by atoms with Crippen LogP contribution in [-0.2, 0) is 0 Å². The number of primary amides is 1. The molecule has 1 amide bonds. The van der Waals surface area contributed by atoms with Crippen molar-refractivity contribution in [2.45, 2.75) is 18.8 Å². The van der Waals surface area contributed by atoms with Crippen LogP contribution in [0.5, 0.6) is 0 Å². The van der Waals surface area contributed by atoms with Crippen LogP contribution in [0.4, 0.5) is 5.82 Å². The number of rotatable bonds is 3. The third-order valence-corrected chi connectivity index (χ3v) is 6.52. The first-order valence-corrected chi connectivity index (χ1v) is 10.7. The minimum absolute atomic E-state index is 0.170. The van der Waals surface area contributed by atoms with Crippen molar-refractivity contribution < 1.29 is 4.79 Å². The summed E-state index contributed by atoms with van der Waals surface area (Å²) in [5.74, 6) is 1.93. The zero-order valence-electron chi connectivity index (χ0n) is 15.7. The van der Waals surface area contributed by atoms with Gasteiger partial charge in [-0.3, -0.25) is 9.78 Å². The Bertz CT molecular complexity index is 1240. The summed E-state index contributed by atoms with van der Waals surface area (Å²) < 4.78 is 1.51. The molecule has 1 aromatic carbocycles. The standard InChI is InChI=1S/C21H20N6OS/c22-19-17(20(23)28)18(12-5-7-29-8-6-12)26-21-15(11-25-27(19)21)14-9-13-3-1-2-4-16(13)24-10-14/h1-4,9-12H,5-8,22H2,(H2,23,28). The van der Waals surface area contributed by atoms with Crippen LogP contribution in [0.25, 0.3) is 27.7 Å². The molecule has 0 unspecified atom stereocenters. The summed E-state index contributed by atoms with van der Waals surface area (Å²) in [7, 11) is 0. The lowest BCUT2D eigenvalue weighted by atomic mass is 9.94. The Kier molecular flexibility index (Phi) is 4.35. The second-order valence-electron chi connectivity index (χ2n) is 7.22. The van der Waals surface area contributed by atoms with Crippen LogP contribution < -0.4 is 11.5 Å². The van der Waals surface area contributed by atoms with E-state index in [4.69, 9.17) is 16.5 Å². The highest BCUT2D eigenvalue weighted by Crippen LogP contribution is 2.36. The number of fused-ring (bicyclic) bond motifs is 2. The number of carbonyl (C=O) groups is 1. The average molecular weight is 404 g/mol. The Balaban J connectivity index is 1.73. The van der Waals surface area contributed by atoms with Crippen LogP contribution in [0.15, 0.2) is 42.7 Å². The van der Waals surface area contributed by atoms with E-state index >= 15 is 0 Å². The number of amides is 1. The van der Waals surface area contributed by atoms with Gasteiger partial charge in [-0.25, -0.2) is 4.98 Å². The van der Waals surface area contributed by atoms with Crippen LogP contribution in [0, 0.1) is 0 Å². The fraction of sp³-hybridized carbons (Fsp3) is 0.238. The summed E-state index contributed by atoms with van der Waals surface area (Å²) in [6.07, 6.45) is 5.44. The first-order chi connectivity index (χ1) is 14.1. The van der Waals surface area contributed by atoms with Crippen molar-refractivity contribution in [3.05, 3.63) is 54.0 Å². The van der Waals surface area contributed by atoms with Crippen LogP contribution in [-0.4, -0.2) is 37.0 Å². The molecule has 4 aromatic rings. The number of aromatic nitrogens is 4. The zero-order chi connectivity index (χ0) is 20.0. The summed E-state index contributed by atoms with van der Waals surface area (Å²) >= 11 is 1.92. The predicted octanol–water partition coefficient (Wildman–Crippen LogP) is 3.24. The number of anilines is 1. The topological polar surface area (TPSA) is 112 Å². The first-order valence-electron chi connectivity index (χ1n) is 9.53. The largest absolute Gasteiger partial charge is 0.383 e. The summed E-state index contributed by atoms with van der Waals surface area (Å²) in [6, 6.07) is 10.0. The van der Waals surface area contributed by atoms with Gasteiger partial charge < -0.3 is 11.5 Å². The molecule has 0 aliphatic carbocycles. The molecule has 0 saturated carbocycles. The van der Waals surface area contributed by atoms with Crippen molar-refractivity contribution in [3.63, 3.8) is 0 Å². The number of nitrogens with two attached hydrogens (primary N) is 2. The zero-order valence-corrected chi connectivity index (χ0v) is 16.5. The van der Waals surface area contributed by atoms with E-state index in [1.54, 1.807) is 6.20 Å². The molecule has 0 spiro atoms. The molecule has 0 atom stereocenters. The summed E-state index contributed by atoms with van der Waals surface area (Å²) in [5, 5.41) is 5.43. The van der Waals surface area contributed by atoms with Crippen molar-refractivity contribution in [2.24, 2.45) is 5.73 Å². The molecule has 146 valence electrons. The van der Waals surface area contributed by atoms with Gasteiger partial charge in [0.15, 0.2) is 5.65 Å². The maximum atomic E-state index is 12.2. The van der Waals surface area contributed by atoms with Crippen molar-refractivity contribution in [1.82, 2.24) is 19.6 Å². The molecule has 5 rings (SSSR count). The van der Waals surface area contributed by atoms with Crippen LogP contribution in [0.2, 0.25) is 0 Å². The average Bonchev–Trinajstić information content (AvgIpc) is 3.18. The smallest absolute Gasteiger partial charge is 0.254 e. The SMILES string of the molecule is NC(=O)c1c(C2CCSCC2)nc2c(-c3cnc4ccccc4c3)cnn2c1N. The van der Waals surface area contributed by atoms with E-state index in [1.807, 2.05) is 42.2 Å². The van der Waals surface area contributed by atoms with Crippen molar-refractivity contribution in [3.8, 4) is 11.1 Å². The number of thioether (sulfide) groups is 1. The Morgan fingerprint density at radius 1 is 1.17 bits per heavy atom. The number of nitrogen functional groups attached to an aromatic ring is 1. The fourth-order valence-corrected chi connectivity index (χ4v) is 5.08. The Labute approximate surface area is 171 Å². The third-order valence-electron chi connectivity index (χ3n) is 5.47. The summed E-state index contributed by atoms with van der Waals surface area (Å²) in [5.41, 5.74) is 16.3. The van der Waals surface area contributed by atoms with Gasteiger partial charge in [-0.05, 0) is 36.5 Å². The van der Waals surface area contributed by atoms with E-state index in [1.165, 1.54) is 4.52 Å². The van der Waals surface area contributed by atoms with Crippen molar-refractivity contribution in [1.29, 1.82) is 0 Å². The predicted molar refractivity (Wildman–Crippen MR) is 116 cm³/mol. The van der Waals surface area contributed by atoms with E-state index < -0.39 is 5.91 Å². The third kappa shape index (κ3) is 3.00. The number of hydrogen-bond donors (Lipinski definition) is 2. The normalized spacial score (nSPS) is 15.2.